The van der Waals surface area contributed by atoms with Gasteiger partial charge in [0, 0.05) is 6.66 Å². The first-order valence-corrected chi connectivity index (χ1v) is 6.23. The SMILES string of the molecule is CP(=O)(OCCO[N+](=O)[O-])OCCO[N+](=O)[O-]. The Kier molecular flexibility index (Phi) is 7.10. The number of nitrogens with zero attached hydrogens (tertiary/aromatic N) is 2. The molecule has 0 heterocycles. The molecule has 0 aromatic carbocycles. The van der Waals surface area contributed by atoms with Crippen LogP contribution in [0.2, 0.25) is 0 Å². The van der Waals surface area contributed by atoms with Gasteiger partial charge in [0.1, 0.15) is 13.2 Å². The van der Waals surface area contributed by atoms with Crippen molar-refractivity contribution in [1.82, 2.24) is 0 Å². The van der Waals surface area contributed by atoms with Gasteiger partial charge >= 0.3 is 7.60 Å². The summed E-state index contributed by atoms with van der Waals surface area (Å²) in [6.07, 6.45) is 0. The molecular weight excluding hydrogens is 263 g/mol. The zero-order valence-electron chi connectivity index (χ0n) is 8.84. The fourth-order valence-corrected chi connectivity index (χ4v) is 1.55. The average molecular weight is 274 g/mol. The van der Waals surface area contributed by atoms with Gasteiger partial charge in [-0.15, -0.1) is 20.2 Å². The van der Waals surface area contributed by atoms with E-state index >= 15 is 0 Å². The van der Waals surface area contributed by atoms with Gasteiger partial charge in [0.2, 0.25) is 0 Å². The van der Waals surface area contributed by atoms with Gasteiger partial charge in [-0.3, -0.25) is 4.57 Å². The highest BCUT2D eigenvalue weighted by Gasteiger charge is 2.16. The third kappa shape index (κ3) is 10.8. The van der Waals surface area contributed by atoms with Gasteiger partial charge in [0.05, 0.1) is 13.2 Å². The van der Waals surface area contributed by atoms with E-state index in [1.807, 2.05) is 0 Å². The molecule has 0 N–H and O–H groups in total. The molecule has 0 unspecified atom stereocenters. The van der Waals surface area contributed by atoms with Crippen LogP contribution in [-0.4, -0.2) is 43.3 Å². The minimum atomic E-state index is -3.42. The first kappa shape index (κ1) is 15.6. The molecule has 0 aliphatic carbocycles. The number of hydrogen-bond donors (Lipinski definition) is 0. The van der Waals surface area contributed by atoms with Crippen LogP contribution in [0.5, 0.6) is 0 Å². The lowest BCUT2D eigenvalue weighted by Gasteiger charge is -2.13. The Morgan fingerprint density at radius 3 is 1.59 bits per heavy atom. The Balaban J connectivity index is 3.62. The third-order valence-electron chi connectivity index (χ3n) is 1.21. The van der Waals surface area contributed by atoms with Crippen molar-refractivity contribution in [2.24, 2.45) is 0 Å². The lowest BCUT2D eigenvalue weighted by atomic mass is 10.8. The van der Waals surface area contributed by atoms with Crippen LogP contribution in [-0.2, 0) is 23.3 Å². The maximum atomic E-state index is 11.4. The maximum Gasteiger partial charge on any atom is 0.327 e. The van der Waals surface area contributed by atoms with E-state index < -0.39 is 17.8 Å². The molecule has 12 heteroatoms. The summed E-state index contributed by atoms with van der Waals surface area (Å²) in [5.41, 5.74) is 0. The fraction of sp³-hybridized carbons (Fsp3) is 1.00. The molecule has 0 atom stereocenters. The summed E-state index contributed by atoms with van der Waals surface area (Å²) in [4.78, 5) is 27.3. The lowest BCUT2D eigenvalue weighted by molar-refractivity contribution is -0.758. The van der Waals surface area contributed by atoms with Gasteiger partial charge in [0.25, 0.3) is 10.2 Å². The van der Waals surface area contributed by atoms with Crippen LogP contribution < -0.4 is 0 Å². The highest BCUT2D eigenvalue weighted by molar-refractivity contribution is 7.52. The summed E-state index contributed by atoms with van der Waals surface area (Å²) in [7, 11) is -3.42. The van der Waals surface area contributed by atoms with E-state index in [4.69, 9.17) is 0 Å². The largest absolute Gasteiger partial charge is 0.327 e. The van der Waals surface area contributed by atoms with Crippen molar-refractivity contribution < 1.29 is 33.5 Å². The molecular formula is C5H11N2O9P. The molecule has 0 aliphatic heterocycles. The Labute approximate surface area is 95.3 Å². The van der Waals surface area contributed by atoms with Crippen molar-refractivity contribution in [2.45, 2.75) is 0 Å². The molecule has 0 spiro atoms. The molecule has 100 valence electrons. The summed E-state index contributed by atoms with van der Waals surface area (Å²) >= 11 is 0. The van der Waals surface area contributed by atoms with Crippen molar-refractivity contribution in [3.05, 3.63) is 20.2 Å². The average Bonchev–Trinajstić information content (AvgIpc) is 2.19. The van der Waals surface area contributed by atoms with Gasteiger partial charge < -0.3 is 18.7 Å². The monoisotopic (exact) mass is 274 g/mol. The molecule has 0 bridgehead atoms. The fourth-order valence-electron chi connectivity index (χ4n) is 0.667. The normalized spacial score (nSPS) is 10.9. The Bertz CT molecular complexity index is 282. The molecule has 0 saturated carbocycles. The smallest absolute Gasteiger partial charge is 0.311 e. The van der Waals surface area contributed by atoms with Gasteiger partial charge in [-0.2, -0.15) is 0 Å². The predicted molar refractivity (Wildman–Crippen MR) is 51.3 cm³/mol. The van der Waals surface area contributed by atoms with E-state index in [0.717, 1.165) is 6.66 Å². The Morgan fingerprint density at radius 1 is 0.941 bits per heavy atom. The van der Waals surface area contributed by atoms with Crippen molar-refractivity contribution in [3.8, 4) is 0 Å². The zero-order chi connectivity index (χ0) is 13.3. The van der Waals surface area contributed by atoms with Crippen LogP contribution in [0.15, 0.2) is 0 Å². The van der Waals surface area contributed by atoms with Crippen LogP contribution in [0.4, 0.5) is 0 Å². The zero-order valence-corrected chi connectivity index (χ0v) is 9.74. The molecule has 0 saturated heterocycles. The quantitative estimate of drug-likeness (QED) is 0.237. The Hall–Kier alpha value is -1.45. The van der Waals surface area contributed by atoms with E-state index in [9.17, 15) is 24.8 Å². The first-order valence-electron chi connectivity index (χ1n) is 4.25. The van der Waals surface area contributed by atoms with Gasteiger partial charge in [-0.05, 0) is 0 Å². The summed E-state index contributed by atoms with van der Waals surface area (Å²) in [6, 6.07) is 0. The molecule has 0 radical (unpaired) electrons. The van der Waals surface area contributed by atoms with Crippen molar-refractivity contribution in [3.63, 3.8) is 0 Å². The molecule has 0 amide bonds. The summed E-state index contributed by atoms with van der Waals surface area (Å²) in [5.74, 6) is 0. The predicted octanol–water partition coefficient (Wildman–Crippen LogP) is 0.259. The van der Waals surface area contributed by atoms with E-state index in [1.54, 1.807) is 0 Å². The molecule has 0 rings (SSSR count). The van der Waals surface area contributed by atoms with E-state index in [0.29, 0.717) is 0 Å². The highest BCUT2D eigenvalue weighted by atomic mass is 31.2. The van der Waals surface area contributed by atoms with Gasteiger partial charge in [-0.1, -0.05) is 0 Å². The van der Waals surface area contributed by atoms with Crippen molar-refractivity contribution >= 4 is 7.60 Å². The lowest BCUT2D eigenvalue weighted by Crippen LogP contribution is -2.10. The second kappa shape index (κ2) is 7.76. The minimum absolute atomic E-state index is 0.301. The third-order valence-corrected chi connectivity index (χ3v) is 2.51. The molecule has 0 fully saturated rings. The van der Waals surface area contributed by atoms with Crippen LogP contribution in [0.25, 0.3) is 0 Å². The number of hydrogen-bond acceptors (Lipinski definition) is 9. The standard InChI is InChI=1S/C5H11N2O9P/c1-17(12,15-4-2-13-6(8)9)16-5-3-14-7(10)11/h2-5H2,1H3. The van der Waals surface area contributed by atoms with Crippen molar-refractivity contribution in [2.75, 3.05) is 33.1 Å². The first-order chi connectivity index (χ1) is 7.83. The molecule has 0 aromatic heterocycles. The Morgan fingerprint density at radius 2 is 1.29 bits per heavy atom. The van der Waals surface area contributed by atoms with Crippen LogP contribution in [0, 0.1) is 20.2 Å². The van der Waals surface area contributed by atoms with E-state index in [1.165, 1.54) is 0 Å². The van der Waals surface area contributed by atoms with Crippen LogP contribution in [0.3, 0.4) is 0 Å². The maximum absolute atomic E-state index is 11.4. The minimum Gasteiger partial charge on any atom is -0.311 e. The molecule has 0 aromatic rings. The summed E-state index contributed by atoms with van der Waals surface area (Å²) in [6.45, 7) is -0.264. The van der Waals surface area contributed by atoms with Gasteiger partial charge in [-0.25, -0.2) is 0 Å². The summed E-state index contributed by atoms with van der Waals surface area (Å²) < 4.78 is 20.7. The van der Waals surface area contributed by atoms with Crippen molar-refractivity contribution in [1.29, 1.82) is 0 Å². The summed E-state index contributed by atoms with van der Waals surface area (Å²) in [5, 5.41) is 17.5. The van der Waals surface area contributed by atoms with Crippen LogP contribution in [0.1, 0.15) is 0 Å². The molecule has 11 nitrogen and oxygen atoms in total. The topological polar surface area (TPSA) is 140 Å². The van der Waals surface area contributed by atoms with Crippen LogP contribution >= 0.6 is 7.60 Å². The van der Waals surface area contributed by atoms with E-state index in [-0.39, 0.29) is 26.4 Å². The second-order valence-electron chi connectivity index (χ2n) is 2.55. The molecule has 17 heavy (non-hydrogen) atoms. The molecule has 0 aliphatic rings. The van der Waals surface area contributed by atoms with Gasteiger partial charge in [0.15, 0.2) is 0 Å². The highest BCUT2D eigenvalue weighted by Crippen LogP contribution is 2.43. The second-order valence-corrected chi connectivity index (χ2v) is 4.61. The van der Waals surface area contributed by atoms with E-state index in [2.05, 4.69) is 18.7 Å². The number of rotatable bonds is 10.